The molecule has 0 saturated carbocycles. The number of nitrogens with zero attached hydrogens (tertiary/aromatic N) is 1. The van der Waals surface area contributed by atoms with Crippen LogP contribution in [0.25, 0.3) is 0 Å². The molecule has 0 aliphatic carbocycles. The Morgan fingerprint density at radius 3 is 3.06 bits per heavy atom. The van der Waals surface area contributed by atoms with Crippen molar-refractivity contribution in [1.82, 2.24) is 5.43 Å². The van der Waals surface area contributed by atoms with Crippen molar-refractivity contribution in [2.75, 3.05) is 23.9 Å². The summed E-state index contributed by atoms with van der Waals surface area (Å²) in [6.07, 6.45) is 0. The SMILES string of the molecule is CN(C(=O)NN)c1ccc2c(c1)NC(=O)CO2. The first-order valence-electron chi connectivity index (χ1n) is 4.93. The van der Waals surface area contributed by atoms with Gasteiger partial charge in [0.2, 0.25) is 0 Å². The Hall–Kier alpha value is -2.28. The van der Waals surface area contributed by atoms with Gasteiger partial charge in [0.15, 0.2) is 6.61 Å². The van der Waals surface area contributed by atoms with Crippen LogP contribution in [0, 0.1) is 0 Å². The molecule has 1 aromatic rings. The molecular formula is C10H12N4O3. The van der Waals surface area contributed by atoms with Crippen molar-refractivity contribution in [2.24, 2.45) is 5.84 Å². The van der Waals surface area contributed by atoms with Crippen LogP contribution in [-0.2, 0) is 4.79 Å². The fourth-order valence-electron chi connectivity index (χ4n) is 1.49. The number of hydrazine groups is 1. The first kappa shape index (κ1) is 11.2. The lowest BCUT2D eigenvalue weighted by atomic mass is 10.2. The summed E-state index contributed by atoms with van der Waals surface area (Å²) in [5, 5.41) is 2.66. The Morgan fingerprint density at radius 2 is 2.35 bits per heavy atom. The molecule has 0 unspecified atom stereocenters. The van der Waals surface area contributed by atoms with Gasteiger partial charge in [-0.15, -0.1) is 0 Å². The number of hydrogen-bond acceptors (Lipinski definition) is 4. The third-order valence-corrected chi connectivity index (χ3v) is 2.41. The largest absolute Gasteiger partial charge is 0.482 e. The standard InChI is InChI=1S/C10H12N4O3/c1-14(10(16)13-11)6-2-3-8-7(4-6)12-9(15)5-17-8/h2-4H,5,11H2,1H3,(H,12,15)(H,13,16). The normalized spacial score (nSPS) is 13.2. The minimum absolute atomic E-state index is 0.00543. The molecule has 0 radical (unpaired) electrons. The van der Waals surface area contributed by atoms with Crippen molar-refractivity contribution in [3.63, 3.8) is 0 Å². The van der Waals surface area contributed by atoms with Gasteiger partial charge in [-0.2, -0.15) is 0 Å². The van der Waals surface area contributed by atoms with Crippen LogP contribution in [0.5, 0.6) is 5.75 Å². The van der Waals surface area contributed by atoms with E-state index in [4.69, 9.17) is 10.6 Å². The number of anilines is 2. The molecule has 4 N–H and O–H groups in total. The van der Waals surface area contributed by atoms with E-state index < -0.39 is 6.03 Å². The maximum atomic E-state index is 11.3. The van der Waals surface area contributed by atoms with Gasteiger partial charge in [-0.05, 0) is 18.2 Å². The number of hydrogen-bond donors (Lipinski definition) is 3. The van der Waals surface area contributed by atoms with Gasteiger partial charge in [-0.1, -0.05) is 0 Å². The molecule has 3 amide bonds. The number of urea groups is 1. The number of amides is 3. The predicted octanol–water partition coefficient (Wildman–Crippen LogP) is 0.0370. The molecule has 0 fully saturated rings. The number of rotatable bonds is 1. The summed E-state index contributed by atoms with van der Waals surface area (Å²) in [5.41, 5.74) is 3.15. The van der Waals surface area contributed by atoms with E-state index in [1.807, 2.05) is 5.43 Å². The number of carbonyl (C=O) groups excluding carboxylic acids is 2. The van der Waals surface area contributed by atoms with Crippen molar-refractivity contribution in [3.05, 3.63) is 18.2 Å². The average molecular weight is 236 g/mol. The molecule has 1 heterocycles. The second kappa shape index (κ2) is 4.30. The highest BCUT2D eigenvalue weighted by atomic mass is 16.5. The van der Waals surface area contributed by atoms with E-state index in [9.17, 15) is 9.59 Å². The van der Waals surface area contributed by atoms with Crippen LogP contribution < -0.4 is 26.2 Å². The van der Waals surface area contributed by atoms with E-state index >= 15 is 0 Å². The molecule has 0 bridgehead atoms. The molecule has 1 aliphatic rings. The number of nitrogens with one attached hydrogen (secondary N) is 2. The van der Waals surface area contributed by atoms with Crippen molar-refractivity contribution in [1.29, 1.82) is 0 Å². The van der Waals surface area contributed by atoms with Gasteiger partial charge in [0.05, 0.1) is 5.69 Å². The summed E-state index contributed by atoms with van der Waals surface area (Å²) in [6, 6.07) is 4.57. The van der Waals surface area contributed by atoms with E-state index in [2.05, 4.69) is 5.32 Å². The first-order valence-corrected chi connectivity index (χ1v) is 4.93. The van der Waals surface area contributed by atoms with Crippen molar-refractivity contribution >= 4 is 23.3 Å². The van der Waals surface area contributed by atoms with Crippen molar-refractivity contribution in [2.45, 2.75) is 0 Å². The molecule has 0 spiro atoms. The molecule has 0 atom stereocenters. The number of nitrogens with two attached hydrogens (primary N) is 1. The molecule has 1 aromatic carbocycles. The highest BCUT2D eigenvalue weighted by Crippen LogP contribution is 2.31. The fraction of sp³-hybridized carbons (Fsp3) is 0.200. The smallest absolute Gasteiger partial charge is 0.335 e. The Balaban J connectivity index is 2.29. The molecule has 90 valence electrons. The highest BCUT2D eigenvalue weighted by molar-refractivity contribution is 5.97. The van der Waals surface area contributed by atoms with E-state index in [0.29, 0.717) is 17.1 Å². The summed E-state index contributed by atoms with van der Waals surface area (Å²) in [5.74, 6) is 5.39. The van der Waals surface area contributed by atoms with Gasteiger partial charge in [-0.3, -0.25) is 15.1 Å². The summed E-state index contributed by atoms with van der Waals surface area (Å²) < 4.78 is 5.20. The first-order chi connectivity index (χ1) is 8.11. The highest BCUT2D eigenvalue weighted by Gasteiger charge is 2.18. The van der Waals surface area contributed by atoms with Gasteiger partial charge >= 0.3 is 6.03 Å². The molecule has 0 saturated heterocycles. The van der Waals surface area contributed by atoms with E-state index in [1.54, 1.807) is 25.2 Å². The van der Waals surface area contributed by atoms with Gasteiger partial charge in [0.25, 0.3) is 5.91 Å². The van der Waals surface area contributed by atoms with Gasteiger partial charge < -0.3 is 10.1 Å². The molecular weight excluding hydrogens is 224 g/mol. The number of carbonyl (C=O) groups is 2. The van der Waals surface area contributed by atoms with E-state index in [0.717, 1.165) is 0 Å². The van der Waals surface area contributed by atoms with Gasteiger partial charge in [0.1, 0.15) is 5.75 Å². The Bertz CT molecular complexity index is 475. The molecule has 1 aliphatic heterocycles. The van der Waals surface area contributed by atoms with Gasteiger partial charge in [0, 0.05) is 12.7 Å². The monoisotopic (exact) mass is 236 g/mol. The van der Waals surface area contributed by atoms with Crippen LogP contribution in [0.4, 0.5) is 16.2 Å². The predicted molar refractivity (Wildman–Crippen MR) is 61.7 cm³/mol. The topological polar surface area (TPSA) is 96.7 Å². The zero-order valence-corrected chi connectivity index (χ0v) is 9.19. The zero-order chi connectivity index (χ0) is 12.4. The van der Waals surface area contributed by atoms with Crippen LogP contribution in [0.15, 0.2) is 18.2 Å². The zero-order valence-electron chi connectivity index (χ0n) is 9.19. The van der Waals surface area contributed by atoms with E-state index in [1.165, 1.54) is 4.90 Å². The minimum Gasteiger partial charge on any atom is -0.482 e. The van der Waals surface area contributed by atoms with Crippen molar-refractivity contribution < 1.29 is 14.3 Å². The third-order valence-electron chi connectivity index (χ3n) is 2.41. The summed E-state index contributed by atoms with van der Waals surface area (Å²) in [6.45, 7) is 0.00543. The number of benzene rings is 1. The maximum absolute atomic E-state index is 11.3. The summed E-state index contributed by atoms with van der Waals surface area (Å²) in [4.78, 5) is 23.8. The maximum Gasteiger partial charge on any atom is 0.335 e. The molecule has 2 rings (SSSR count). The summed E-state index contributed by atoms with van der Waals surface area (Å²) in [7, 11) is 1.56. The Labute approximate surface area is 97.5 Å². The second-order valence-corrected chi connectivity index (χ2v) is 3.53. The lowest BCUT2D eigenvalue weighted by Gasteiger charge is -2.21. The molecule has 7 heteroatoms. The van der Waals surface area contributed by atoms with Crippen LogP contribution in [-0.4, -0.2) is 25.6 Å². The third kappa shape index (κ3) is 2.13. The fourth-order valence-corrected chi connectivity index (χ4v) is 1.49. The number of fused-ring (bicyclic) bond motifs is 1. The average Bonchev–Trinajstić information content (AvgIpc) is 2.36. The summed E-state index contributed by atoms with van der Waals surface area (Å²) >= 11 is 0. The van der Waals surface area contributed by atoms with Crippen molar-refractivity contribution in [3.8, 4) is 5.75 Å². The Morgan fingerprint density at radius 1 is 1.59 bits per heavy atom. The molecule has 0 aromatic heterocycles. The van der Waals surface area contributed by atoms with Crippen LogP contribution in [0.1, 0.15) is 0 Å². The van der Waals surface area contributed by atoms with Crippen LogP contribution >= 0.6 is 0 Å². The molecule has 17 heavy (non-hydrogen) atoms. The minimum atomic E-state index is -0.451. The lowest BCUT2D eigenvalue weighted by Crippen LogP contribution is -2.41. The van der Waals surface area contributed by atoms with Gasteiger partial charge in [-0.25, -0.2) is 10.6 Å². The second-order valence-electron chi connectivity index (χ2n) is 3.53. The lowest BCUT2D eigenvalue weighted by molar-refractivity contribution is -0.118. The molecule has 7 nitrogen and oxygen atoms in total. The van der Waals surface area contributed by atoms with Crippen LogP contribution in [0.3, 0.4) is 0 Å². The van der Waals surface area contributed by atoms with Crippen LogP contribution in [0.2, 0.25) is 0 Å². The quantitative estimate of drug-likeness (QED) is 0.364. The van der Waals surface area contributed by atoms with E-state index in [-0.39, 0.29) is 12.5 Å². The Kier molecular flexibility index (Phi) is 2.84. The number of ether oxygens (including phenoxy) is 1.